The van der Waals surface area contributed by atoms with Crippen LogP contribution in [-0.2, 0) is 0 Å². The molecule has 0 amide bonds. The molecule has 0 aliphatic carbocycles. The fourth-order valence-corrected chi connectivity index (χ4v) is 1.15. The standard InChI is InChI=1S/C9H10N2O/c1-6(12)9-7(5-10)3-2-4-8(9)11/h2-4,6,12H,11H2,1H3. The first-order chi connectivity index (χ1) is 5.66. The molecule has 3 heteroatoms. The Balaban J connectivity index is 3.32. The molecule has 1 rings (SSSR count). The fraction of sp³-hybridized carbons (Fsp3) is 0.222. The maximum atomic E-state index is 9.29. The highest BCUT2D eigenvalue weighted by atomic mass is 16.3. The lowest BCUT2D eigenvalue weighted by molar-refractivity contribution is 0.200. The summed E-state index contributed by atoms with van der Waals surface area (Å²) in [5, 5.41) is 18.0. The lowest BCUT2D eigenvalue weighted by atomic mass is 10.0. The van der Waals surface area contributed by atoms with Crippen molar-refractivity contribution in [2.75, 3.05) is 5.73 Å². The van der Waals surface area contributed by atoms with E-state index in [9.17, 15) is 5.11 Å². The molecular formula is C9H10N2O. The van der Waals surface area contributed by atoms with E-state index in [0.29, 0.717) is 16.8 Å². The van der Waals surface area contributed by atoms with Crippen molar-refractivity contribution < 1.29 is 5.11 Å². The summed E-state index contributed by atoms with van der Waals surface area (Å²) < 4.78 is 0. The Kier molecular flexibility index (Phi) is 2.32. The highest BCUT2D eigenvalue weighted by Gasteiger charge is 2.10. The van der Waals surface area contributed by atoms with Gasteiger partial charge in [-0.25, -0.2) is 0 Å². The highest BCUT2D eigenvalue weighted by molar-refractivity contribution is 5.55. The first-order valence-electron chi connectivity index (χ1n) is 3.63. The van der Waals surface area contributed by atoms with Gasteiger partial charge >= 0.3 is 0 Å². The summed E-state index contributed by atoms with van der Waals surface area (Å²) in [6.07, 6.45) is -0.694. The second-order valence-electron chi connectivity index (χ2n) is 2.60. The molecule has 0 bridgehead atoms. The van der Waals surface area contributed by atoms with Gasteiger partial charge in [-0.15, -0.1) is 0 Å². The van der Waals surface area contributed by atoms with E-state index in [-0.39, 0.29) is 0 Å². The lowest BCUT2D eigenvalue weighted by Gasteiger charge is -2.09. The Bertz CT molecular complexity index is 326. The Morgan fingerprint density at radius 2 is 2.25 bits per heavy atom. The van der Waals surface area contributed by atoms with Crippen LogP contribution in [0.5, 0.6) is 0 Å². The topological polar surface area (TPSA) is 70.0 Å². The molecule has 1 aromatic rings. The Labute approximate surface area is 71.1 Å². The normalized spacial score (nSPS) is 12.1. The van der Waals surface area contributed by atoms with E-state index in [4.69, 9.17) is 11.0 Å². The van der Waals surface area contributed by atoms with E-state index >= 15 is 0 Å². The number of rotatable bonds is 1. The van der Waals surface area contributed by atoms with E-state index in [1.54, 1.807) is 25.1 Å². The first-order valence-corrected chi connectivity index (χ1v) is 3.63. The second-order valence-corrected chi connectivity index (χ2v) is 2.60. The van der Waals surface area contributed by atoms with Crippen LogP contribution in [0, 0.1) is 11.3 Å². The van der Waals surface area contributed by atoms with Crippen LogP contribution >= 0.6 is 0 Å². The molecule has 1 aromatic carbocycles. The Morgan fingerprint density at radius 1 is 1.58 bits per heavy atom. The van der Waals surface area contributed by atoms with Gasteiger partial charge in [0, 0.05) is 11.3 Å². The minimum absolute atomic E-state index is 0.435. The average Bonchev–Trinajstić information content (AvgIpc) is 2.03. The van der Waals surface area contributed by atoms with Crippen LogP contribution in [0.4, 0.5) is 5.69 Å². The molecule has 0 spiro atoms. The summed E-state index contributed by atoms with van der Waals surface area (Å²) in [5.41, 5.74) is 7.00. The second kappa shape index (κ2) is 3.24. The molecule has 3 N–H and O–H groups in total. The monoisotopic (exact) mass is 162 g/mol. The van der Waals surface area contributed by atoms with Gasteiger partial charge < -0.3 is 10.8 Å². The summed E-state index contributed by atoms with van der Waals surface area (Å²) in [7, 11) is 0. The molecule has 3 nitrogen and oxygen atoms in total. The van der Waals surface area contributed by atoms with Gasteiger partial charge in [-0.05, 0) is 19.1 Å². The number of anilines is 1. The molecule has 0 aliphatic heterocycles. The molecule has 0 saturated heterocycles. The summed E-state index contributed by atoms with van der Waals surface area (Å²) in [6, 6.07) is 6.98. The van der Waals surface area contributed by atoms with Gasteiger partial charge in [0.2, 0.25) is 0 Å². The predicted octanol–water partition coefficient (Wildman–Crippen LogP) is 1.19. The maximum Gasteiger partial charge on any atom is 0.0996 e. The maximum absolute atomic E-state index is 9.29. The van der Waals surface area contributed by atoms with Crippen LogP contribution < -0.4 is 5.73 Å². The zero-order chi connectivity index (χ0) is 9.14. The molecule has 1 atom stereocenters. The molecule has 0 saturated carbocycles. The van der Waals surface area contributed by atoms with Gasteiger partial charge in [-0.2, -0.15) is 5.26 Å². The van der Waals surface area contributed by atoms with Gasteiger partial charge in [0.05, 0.1) is 17.7 Å². The van der Waals surface area contributed by atoms with Crippen LogP contribution in [-0.4, -0.2) is 5.11 Å². The number of nitrogens with zero attached hydrogens (tertiary/aromatic N) is 1. The zero-order valence-electron chi connectivity index (χ0n) is 6.78. The van der Waals surface area contributed by atoms with Crippen molar-refractivity contribution >= 4 is 5.69 Å². The molecule has 0 fully saturated rings. The first kappa shape index (κ1) is 8.57. The van der Waals surface area contributed by atoms with Crippen molar-refractivity contribution in [2.24, 2.45) is 0 Å². The number of nitriles is 1. The number of hydrogen-bond donors (Lipinski definition) is 2. The van der Waals surface area contributed by atoms with E-state index in [0.717, 1.165) is 0 Å². The number of hydrogen-bond acceptors (Lipinski definition) is 3. The molecule has 0 radical (unpaired) electrons. The Morgan fingerprint density at radius 3 is 2.67 bits per heavy atom. The molecule has 0 aromatic heterocycles. The average molecular weight is 162 g/mol. The Hall–Kier alpha value is -1.53. The summed E-state index contributed by atoms with van der Waals surface area (Å²) in [4.78, 5) is 0. The number of benzene rings is 1. The van der Waals surface area contributed by atoms with Gasteiger partial charge in [0.15, 0.2) is 0 Å². The lowest BCUT2D eigenvalue weighted by Crippen LogP contribution is -2.01. The number of aliphatic hydroxyl groups is 1. The molecule has 0 aliphatic rings. The van der Waals surface area contributed by atoms with Crippen molar-refractivity contribution in [2.45, 2.75) is 13.0 Å². The van der Waals surface area contributed by atoms with Crippen molar-refractivity contribution in [3.8, 4) is 6.07 Å². The van der Waals surface area contributed by atoms with Crippen LogP contribution in [0.15, 0.2) is 18.2 Å². The van der Waals surface area contributed by atoms with Crippen molar-refractivity contribution in [3.63, 3.8) is 0 Å². The van der Waals surface area contributed by atoms with Gasteiger partial charge in [0.25, 0.3) is 0 Å². The van der Waals surface area contributed by atoms with Gasteiger partial charge in [-0.1, -0.05) is 6.07 Å². The molecule has 1 unspecified atom stereocenters. The number of nitrogen functional groups attached to an aromatic ring is 1. The van der Waals surface area contributed by atoms with Gasteiger partial charge in [0.1, 0.15) is 0 Å². The third kappa shape index (κ3) is 1.39. The minimum atomic E-state index is -0.694. The summed E-state index contributed by atoms with van der Waals surface area (Å²) in [6.45, 7) is 1.59. The van der Waals surface area contributed by atoms with E-state index in [2.05, 4.69) is 0 Å². The molecule has 12 heavy (non-hydrogen) atoms. The largest absolute Gasteiger partial charge is 0.398 e. The smallest absolute Gasteiger partial charge is 0.0996 e. The van der Waals surface area contributed by atoms with Crippen LogP contribution in [0.2, 0.25) is 0 Å². The quantitative estimate of drug-likeness (QED) is 0.609. The van der Waals surface area contributed by atoms with E-state index < -0.39 is 6.10 Å². The summed E-state index contributed by atoms with van der Waals surface area (Å²) >= 11 is 0. The third-order valence-corrected chi connectivity index (χ3v) is 1.68. The van der Waals surface area contributed by atoms with Crippen molar-refractivity contribution in [1.29, 1.82) is 5.26 Å². The zero-order valence-corrected chi connectivity index (χ0v) is 6.78. The SMILES string of the molecule is CC(O)c1c(N)cccc1C#N. The van der Waals surface area contributed by atoms with E-state index in [1.165, 1.54) is 0 Å². The predicted molar refractivity (Wildman–Crippen MR) is 46.2 cm³/mol. The highest BCUT2D eigenvalue weighted by Crippen LogP contribution is 2.23. The molecule has 0 heterocycles. The van der Waals surface area contributed by atoms with Crippen LogP contribution in [0.3, 0.4) is 0 Å². The minimum Gasteiger partial charge on any atom is -0.398 e. The molecule has 62 valence electrons. The number of nitrogens with two attached hydrogens (primary N) is 1. The van der Waals surface area contributed by atoms with Crippen LogP contribution in [0.25, 0.3) is 0 Å². The summed E-state index contributed by atoms with van der Waals surface area (Å²) in [5.74, 6) is 0. The van der Waals surface area contributed by atoms with Crippen molar-refractivity contribution in [3.05, 3.63) is 29.3 Å². The number of aliphatic hydroxyl groups excluding tert-OH is 1. The van der Waals surface area contributed by atoms with Gasteiger partial charge in [-0.3, -0.25) is 0 Å². The van der Waals surface area contributed by atoms with Crippen molar-refractivity contribution in [1.82, 2.24) is 0 Å². The van der Waals surface area contributed by atoms with Crippen LogP contribution in [0.1, 0.15) is 24.2 Å². The third-order valence-electron chi connectivity index (χ3n) is 1.68. The molecular weight excluding hydrogens is 152 g/mol. The fourth-order valence-electron chi connectivity index (χ4n) is 1.15. The van der Waals surface area contributed by atoms with E-state index in [1.807, 2.05) is 6.07 Å².